The fourth-order valence-corrected chi connectivity index (χ4v) is 3.57. The summed E-state index contributed by atoms with van der Waals surface area (Å²) < 4.78 is 0. The van der Waals surface area contributed by atoms with Crippen LogP contribution in [0.25, 0.3) is 0 Å². The van der Waals surface area contributed by atoms with Gasteiger partial charge in [-0.05, 0) is 64.0 Å². The normalized spacial score (nSPS) is 15.3. The van der Waals surface area contributed by atoms with Crippen molar-refractivity contribution >= 4 is 0 Å². The van der Waals surface area contributed by atoms with E-state index in [2.05, 4.69) is 39.2 Å². The SMILES string of the molecule is CC/C(C)=C(\CCCCCCCCCCNC=C1CCC1)C(C)C. The molecule has 24 heavy (non-hydrogen) atoms. The fourth-order valence-electron chi connectivity index (χ4n) is 3.57. The van der Waals surface area contributed by atoms with Gasteiger partial charge < -0.3 is 5.32 Å². The van der Waals surface area contributed by atoms with Crippen molar-refractivity contribution in [2.24, 2.45) is 5.92 Å². The lowest BCUT2D eigenvalue weighted by molar-refractivity contribution is 0.553. The molecule has 0 saturated heterocycles. The summed E-state index contributed by atoms with van der Waals surface area (Å²) in [7, 11) is 0. The number of rotatable bonds is 14. The number of hydrogen-bond acceptors (Lipinski definition) is 1. The molecule has 0 aromatic heterocycles. The zero-order valence-electron chi connectivity index (χ0n) is 17.1. The van der Waals surface area contributed by atoms with E-state index >= 15 is 0 Å². The predicted molar refractivity (Wildman–Crippen MR) is 109 cm³/mol. The first-order valence-electron chi connectivity index (χ1n) is 10.7. The molecule has 1 saturated carbocycles. The minimum atomic E-state index is 0.735. The molecule has 1 N–H and O–H groups in total. The smallest absolute Gasteiger partial charge is 0.0141 e. The Bertz CT molecular complexity index is 369. The second-order valence-corrected chi connectivity index (χ2v) is 8.00. The summed E-state index contributed by atoms with van der Waals surface area (Å²) in [5.41, 5.74) is 4.98. The third kappa shape index (κ3) is 9.55. The van der Waals surface area contributed by atoms with Crippen molar-refractivity contribution < 1.29 is 0 Å². The minimum absolute atomic E-state index is 0.735. The molecule has 1 aliphatic carbocycles. The summed E-state index contributed by atoms with van der Waals surface area (Å²) in [6, 6.07) is 0. The highest BCUT2D eigenvalue weighted by Gasteiger charge is 2.07. The third-order valence-corrected chi connectivity index (χ3v) is 5.59. The van der Waals surface area contributed by atoms with Crippen LogP contribution in [-0.2, 0) is 0 Å². The maximum absolute atomic E-state index is 3.47. The van der Waals surface area contributed by atoms with Crippen LogP contribution in [0.2, 0.25) is 0 Å². The van der Waals surface area contributed by atoms with E-state index in [-0.39, 0.29) is 0 Å². The van der Waals surface area contributed by atoms with Gasteiger partial charge in [0.1, 0.15) is 0 Å². The quantitative estimate of drug-likeness (QED) is 0.256. The van der Waals surface area contributed by atoms with Gasteiger partial charge in [-0.2, -0.15) is 0 Å². The average molecular weight is 334 g/mol. The van der Waals surface area contributed by atoms with Crippen LogP contribution in [0.5, 0.6) is 0 Å². The lowest BCUT2D eigenvalue weighted by Gasteiger charge is -2.16. The van der Waals surface area contributed by atoms with E-state index in [9.17, 15) is 0 Å². The predicted octanol–water partition coefficient (Wildman–Crippen LogP) is 7.54. The van der Waals surface area contributed by atoms with Gasteiger partial charge in [0.15, 0.2) is 0 Å². The highest BCUT2D eigenvalue weighted by molar-refractivity contribution is 5.13. The van der Waals surface area contributed by atoms with E-state index in [0.717, 1.165) is 5.92 Å². The largest absolute Gasteiger partial charge is 0.391 e. The maximum Gasteiger partial charge on any atom is 0.0141 e. The zero-order valence-corrected chi connectivity index (χ0v) is 17.1. The molecule has 0 unspecified atom stereocenters. The number of hydrogen-bond donors (Lipinski definition) is 1. The molecule has 1 nitrogen and oxygen atoms in total. The van der Waals surface area contributed by atoms with Gasteiger partial charge in [0.05, 0.1) is 0 Å². The van der Waals surface area contributed by atoms with Gasteiger partial charge in [-0.25, -0.2) is 0 Å². The van der Waals surface area contributed by atoms with Gasteiger partial charge in [-0.3, -0.25) is 0 Å². The van der Waals surface area contributed by atoms with Crippen LogP contribution in [0.1, 0.15) is 111 Å². The van der Waals surface area contributed by atoms with Crippen LogP contribution in [0.3, 0.4) is 0 Å². The molecule has 140 valence electrons. The molecule has 0 amide bonds. The fraction of sp³-hybridized carbons (Fsp3) is 0.826. The molecule has 0 aromatic carbocycles. The third-order valence-electron chi connectivity index (χ3n) is 5.59. The molecule has 0 spiro atoms. The van der Waals surface area contributed by atoms with E-state index in [1.165, 1.54) is 90.0 Å². The van der Waals surface area contributed by atoms with E-state index in [0.29, 0.717) is 0 Å². The molecular weight excluding hydrogens is 290 g/mol. The van der Waals surface area contributed by atoms with E-state index in [1.807, 2.05) is 0 Å². The van der Waals surface area contributed by atoms with E-state index < -0.39 is 0 Å². The second-order valence-electron chi connectivity index (χ2n) is 8.00. The highest BCUT2D eigenvalue weighted by Crippen LogP contribution is 2.24. The highest BCUT2D eigenvalue weighted by atomic mass is 14.8. The number of allylic oxidation sites excluding steroid dienone is 3. The van der Waals surface area contributed by atoms with Crippen molar-refractivity contribution in [3.63, 3.8) is 0 Å². The van der Waals surface area contributed by atoms with Crippen molar-refractivity contribution in [3.05, 3.63) is 22.9 Å². The molecule has 0 aromatic rings. The summed E-state index contributed by atoms with van der Waals surface area (Å²) in [5.74, 6) is 0.735. The number of nitrogens with one attached hydrogen (secondary N) is 1. The van der Waals surface area contributed by atoms with Gasteiger partial charge in [-0.1, -0.05) is 76.0 Å². The lowest BCUT2D eigenvalue weighted by Crippen LogP contribution is -2.10. The molecule has 1 fully saturated rings. The van der Waals surface area contributed by atoms with Gasteiger partial charge in [0.25, 0.3) is 0 Å². The molecule has 0 heterocycles. The van der Waals surface area contributed by atoms with Gasteiger partial charge in [0.2, 0.25) is 0 Å². The zero-order chi connectivity index (χ0) is 17.6. The Morgan fingerprint density at radius 3 is 2.04 bits per heavy atom. The van der Waals surface area contributed by atoms with Gasteiger partial charge in [0, 0.05) is 6.54 Å². The van der Waals surface area contributed by atoms with Crippen LogP contribution in [-0.4, -0.2) is 6.54 Å². The first-order chi connectivity index (χ1) is 11.6. The molecule has 0 radical (unpaired) electrons. The molecule has 0 atom stereocenters. The maximum atomic E-state index is 3.47. The molecule has 0 bridgehead atoms. The standard InChI is InChI=1S/C23H43N/c1-5-21(4)23(20(2)3)17-12-10-8-6-7-9-11-13-18-24-19-22-15-14-16-22/h19-20,24H,5-18H2,1-4H3/b23-21+. The second kappa shape index (κ2) is 13.6. The van der Waals surface area contributed by atoms with Crippen molar-refractivity contribution in [3.8, 4) is 0 Å². The summed E-state index contributed by atoms with van der Waals surface area (Å²) in [5, 5.41) is 3.47. The van der Waals surface area contributed by atoms with E-state index in [4.69, 9.17) is 0 Å². The summed E-state index contributed by atoms with van der Waals surface area (Å²) in [6.07, 6.45) is 20.2. The van der Waals surface area contributed by atoms with Crippen LogP contribution < -0.4 is 5.32 Å². The van der Waals surface area contributed by atoms with Crippen molar-refractivity contribution in [1.29, 1.82) is 0 Å². The Balaban J connectivity index is 1.88. The molecule has 1 rings (SSSR count). The van der Waals surface area contributed by atoms with Crippen LogP contribution >= 0.6 is 0 Å². The van der Waals surface area contributed by atoms with Crippen molar-refractivity contribution in [2.75, 3.05) is 6.54 Å². The molecule has 1 aliphatic rings. The first-order valence-corrected chi connectivity index (χ1v) is 10.7. The van der Waals surface area contributed by atoms with Crippen LogP contribution in [0, 0.1) is 5.92 Å². The Hall–Kier alpha value is -0.720. The van der Waals surface area contributed by atoms with Crippen molar-refractivity contribution in [1.82, 2.24) is 5.32 Å². The molecule has 0 aliphatic heterocycles. The van der Waals surface area contributed by atoms with Crippen molar-refractivity contribution in [2.45, 2.75) is 111 Å². The molecule has 1 heteroatoms. The topological polar surface area (TPSA) is 12.0 Å². The molecular formula is C23H43N. The first kappa shape index (κ1) is 21.3. The van der Waals surface area contributed by atoms with Crippen LogP contribution in [0.15, 0.2) is 22.9 Å². The summed E-state index contributed by atoms with van der Waals surface area (Å²) in [4.78, 5) is 0. The Labute approximate surface area is 152 Å². The monoisotopic (exact) mass is 333 g/mol. The van der Waals surface area contributed by atoms with Gasteiger partial charge >= 0.3 is 0 Å². The Morgan fingerprint density at radius 1 is 0.958 bits per heavy atom. The minimum Gasteiger partial charge on any atom is -0.391 e. The Kier molecular flexibility index (Phi) is 12.0. The lowest BCUT2D eigenvalue weighted by atomic mass is 9.91. The summed E-state index contributed by atoms with van der Waals surface area (Å²) >= 11 is 0. The number of unbranched alkanes of at least 4 members (excludes halogenated alkanes) is 7. The average Bonchev–Trinajstić information content (AvgIpc) is 2.52. The summed E-state index contributed by atoms with van der Waals surface area (Å²) in [6.45, 7) is 10.5. The Morgan fingerprint density at radius 2 is 1.54 bits per heavy atom. The van der Waals surface area contributed by atoms with Gasteiger partial charge in [-0.15, -0.1) is 0 Å². The van der Waals surface area contributed by atoms with Crippen LogP contribution in [0.4, 0.5) is 0 Å². The van der Waals surface area contributed by atoms with E-state index in [1.54, 1.807) is 16.7 Å².